The third-order valence-corrected chi connectivity index (χ3v) is 7.30. The lowest BCUT2D eigenvalue weighted by atomic mass is 10.2. The van der Waals surface area contributed by atoms with E-state index in [0.29, 0.717) is 18.7 Å². The Bertz CT molecular complexity index is 772. The molecule has 2 heterocycles. The molecule has 1 amide bonds. The molecule has 2 saturated heterocycles. The van der Waals surface area contributed by atoms with Crippen molar-refractivity contribution in [1.82, 2.24) is 19.8 Å². The van der Waals surface area contributed by atoms with E-state index >= 15 is 0 Å². The first kappa shape index (κ1) is 17.9. The van der Waals surface area contributed by atoms with Crippen molar-refractivity contribution in [2.24, 2.45) is 0 Å². The zero-order chi connectivity index (χ0) is 18.1. The Labute approximate surface area is 154 Å². The molecular formula is C18H26N4O3S. The van der Waals surface area contributed by atoms with Gasteiger partial charge in [-0.15, -0.1) is 0 Å². The van der Waals surface area contributed by atoms with Gasteiger partial charge in [-0.25, -0.2) is 8.42 Å². The first-order chi connectivity index (χ1) is 12.5. The summed E-state index contributed by atoms with van der Waals surface area (Å²) >= 11 is 0. The van der Waals surface area contributed by atoms with Crippen LogP contribution in [0.25, 0.3) is 0 Å². The minimum absolute atomic E-state index is 0.190. The summed E-state index contributed by atoms with van der Waals surface area (Å²) in [5.74, 6) is -0.190. The summed E-state index contributed by atoms with van der Waals surface area (Å²) in [5, 5.41) is 6.24. The van der Waals surface area contributed by atoms with Crippen LogP contribution in [-0.2, 0) is 10.0 Å². The average Bonchev–Trinajstić information content (AvgIpc) is 3.33. The topological polar surface area (TPSA) is 81.8 Å². The van der Waals surface area contributed by atoms with Gasteiger partial charge in [0.05, 0.1) is 4.90 Å². The highest BCUT2D eigenvalue weighted by molar-refractivity contribution is 7.89. The molecule has 3 aliphatic rings. The lowest BCUT2D eigenvalue weighted by Crippen LogP contribution is -2.49. The molecule has 0 aromatic heterocycles. The van der Waals surface area contributed by atoms with Crippen LogP contribution in [0.3, 0.4) is 0 Å². The predicted octanol–water partition coefficient (Wildman–Crippen LogP) is 0.247. The molecule has 2 N–H and O–H groups in total. The molecule has 1 aromatic rings. The molecular weight excluding hydrogens is 352 g/mol. The maximum atomic E-state index is 13.0. The van der Waals surface area contributed by atoms with Crippen LogP contribution in [0.2, 0.25) is 0 Å². The quantitative estimate of drug-likeness (QED) is 0.768. The fraction of sp³-hybridized carbons (Fsp3) is 0.611. The minimum atomic E-state index is -3.57. The number of piperazine rings is 1. The molecule has 1 saturated carbocycles. The number of nitrogens with one attached hydrogen (secondary N) is 2. The van der Waals surface area contributed by atoms with Crippen LogP contribution in [0, 0.1) is 0 Å². The lowest BCUT2D eigenvalue weighted by molar-refractivity contribution is 0.0951. The highest BCUT2D eigenvalue weighted by atomic mass is 32.2. The van der Waals surface area contributed by atoms with Crippen molar-refractivity contribution in [3.8, 4) is 0 Å². The molecule has 0 bridgehead atoms. The number of carbonyl (C=O) groups excluding carboxylic acids is 1. The van der Waals surface area contributed by atoms with Crippen LogP contribution >= 0.6 is 0 Å². The number of rotatable bonds is 5. The first-order valence-electron chi connectivity index (χ1n) is 9.40. The third kappa shape index (κ3) is 3.78. The van der Waals surface area contributed by atoms with Gasteiger partial charge < -0.3 is 10.6 Å². The summed E-state index contributed by atoms with van der Waals surface area (Å²) in [5.41, 5.74) is 0.413. The molecule has 3 fully saturated rings. The van der Waals surface area contributed by atoms with E-state index < -0.39 is 10.0 Å². The fourth-order valence-corrected chi connectivity index (χ4v) is 5.26. The summed E-state index contributed by atoms with van der Waals surface area (Å²) in [6.45, 7) is 4.92. The summed E-state index contributed by atoms with van der Waals surface area (Å²) in [7, 11) is -3.57. The monoisotopic (exact) mass is 378 g/mol. The molecule has 2 aliphatic heterocycles. The van der Waals surface area contributed by atoms with Crippen molar-refractivity contribution >= 4 is 15.9 Å². The molecule has 1 aromatic carbocycles. The number of carbonyl (C=O) groups is 1. The van der Waals surface area contributed by atoms with Gasteiger partial charge in [0.2, 0.25) is 10.0 Å². The van der Waals surface area contributed by atoms with Crippen molar-refractivity contribution in [3.63, 3.8) is 0 Å². The Morgan fingerprint density at radius 2 is 1.88 bits per heavy atom. The largest absolute Gasteiger partial charge is 0.349 e. The van der Waals surface area contributed by atoms with Crippen LogP contribution in [-0.4, -0.2) is 74.9 Å². The molecule has 1 aliphatic carbocycles. The Kier molecular flexibility index (Phi) is 5.00. The molecule has 0 radical (unpaired) electrons. The number of nitrogens with zero attached hydrogens (tertiary/aromatic N) is 2. The SMILES string of the molecule is O=C(NC1CC1)c1cccc(S(=O)(=O)N2CCC(N3CCNCC3)C2)c1. The van der Waals surface area contributed by atoms with E-state index in [1.807, 2.05) is 0 Å². The maximum Gasteiger partial charge on any atom is 0.251 e. The molecule has 1 unspecified atom stereocenters. The van der Waals surface area contributed by atoms with E-state index in [1.54, 1.807) is 22.5 Å². The average molecular weight is 378 g/mol. The lowest BCUT2D eigenvalue weighted by Gasteiger charge is -2.32. The molecule has 1 atom stereocenters. The summed E-state index contributed by atoms with van der Waals surface area (Å²) in [6, 6.07) is 6.95. The van der Waals surface area contributed by atoms with Gasteiger partial charge in [-0.3, -0.25) is 9.69 Å². The van der Waals surface area contributed by atoms with Gasteiger partial charge in [-0.1, -0.05) is 6.07 Å². The Balaban J connectivity index is 1.47. The number of hydrogen-bond donors (Lipinski definition) is 2. The van der Waals surface area contributed by atoms with Gasteiger partial charge in [0.25, 0.3) is 5.91 Å². The van der Waals surface area contributed by atoms with Gasteiger partial charge in [0.1, 0.15) is 0 Å². The fourth-order valence-electron chi connectivity index (χ4n) is 3.72. The predicted molar refractivity (Wildman–Crippen MR) is 98.5 cm³/mol. The standard InChI is InChI=1S/C18H26N4O3S/c23-18(20-15-4-5-15)14-2-1-3-17(12-14)26(24,25)22-9-6-16(13-22)21-10-7-19-8-11-21/h1-3,12,15-16,19H,4-11,13H2,(H,20,23). The van der Waals surface area contributed by atoms with E-state index in [4.69, 9.17) is 0 Å². The Morgan fingerprint density at radius 1 is 1.12 bits per heavy atom. The third-order valence-electron chi connectivity index (χ3n) is 5.44. The van der Waals surface area contributed by atoms with Gasteiger partial charge in [-0.05, 0) is 37.5 Å². The second kappa shape index (κ2) is 7.26. The highest BCUT2D eigenvalue weighted by Gasteiger charge is 2.35. The van der Waals surface area contributed by atoms with Gasteiger partial charge in [0.15, 0.2) is 0 Å². The summed E-state index contributed by atoms with van der Waals surface area (Å²) < 4.78 is 27.6. The van der Waals surface area contributed by atoms with Gasteiger partial charge in [0, 0.05) is 56.9 Å². The second-order valence-electron chi connectivity index (χ2n) is 7.37. The molecule has 26 heavy (non-hydrogen) atoms. The molecule has 7 nitrogen and oxygen atoms in total. The van der Waals surface area contributed by atoms with E-state index in [-0.39, 0.29) is 22.9 Å². The molecule has 8 heteroatoms. The van der Waals surface area contributed by atoms with Crippen LogP contribution in [0.1, 0.15) is 29.6 Å². The van der Waals surface area contributed by atoms with E-state index in [1.165, 1.54) is 6.07 Å². The zero-order valence-electron chi connectivity index (χ0n) is 14.9. The smallest absolute Gasteiger partial charge is 0.251 e. The Morgan fingerprint density at radius 3 is 2.62 bits per heavy atom. The second-order valence-corrected chi connectivity index (χ2v) is 9.31. The van der Waals surface area contributed by atoms with Crippen LogP contribution in [0.15, 0.2) is 29.2 Å². The van der Waals surface area contributed by atoms with Gasteiger partial charge >= 0.3 is 0 Å². The van der Waals surface area contributed by atoms with Crippen LogP contribution < -0.4 is 10.6 Å². The van der Waals surface area contributed by atoms with Crippen molar-refractivity contribution < 1.29 is 13.2 Å². The highest BCUT2D eigenvalue weighted by Crippen LogP contribution is 2.25. The number of hydrogen-bond acceptors (Lipinski definition) is 5. The summed E-state index contributed by atoms with van der Waals surface area (Å²) in [6.07, 6.45) is 2.87. The zero-order valence-corrected chi connectivity index (χ0v) is 15.7. The molecule has 142 valence electrons. The first-order valence-corrected chi connectivity index (χ1v) is 10.8. The van der Waals surface area contributed by atoms with E-state index in [9.17, 15) is 13.2 Å². The number of benzene rings is 1. The summed E-state index contributed by atoms with van der Waals surface area (Å²) in [4.78, 5) is 14.8. The van der Waals surface area contributed by atoms with Crippen molar-refractivity contribution in [2.75, 3.05) is 39.3 Å². The minimum Gasteiger partial charge on any atom is -0.349 e. The number of sulfonamides is 1. The number of amides is 1. The van der Waals surface area contributed by atoms with Gasteiger partial charge in [-0.2, -0.15) is 4.31 Å². The van der Waals surface area contributed by atoms with Crippen LogP contribution in [0.4, 0.5) is 0 Å². The Hall–Kier alpha value is -1.48. The van der Waals surface area contributed by atoms with Crippen molar-refractivity contribution in [3.05, 3.63) is 29.8 Å². The van der Waals surface area contributed by atoms with E-state index in [0.717, 1.165) is 45.4 Å². The normalized spacial score (nSPS) is 25.3. The van der Waals surface area contributed by atoms with E-state index in [2.05, 4.69) is 15.5 Å². The van der Waals surface area contributed by atoms with Crippen LogP contribution in [0.5, 0.6) is 0 Å². The maximum absolute atomic E-state index is 13.0. The van der Waals surface area contributed by atoms with Crippen molar-refractivity contribution in [1.29, 1.82) is 0 Å². The molecule has 4 rings (SSSR count). The molecule has 0 spiro atoms. The van der Waals surface area contributed by atoms with Crippen molar-refractivity contribution in [2.45, 2.75) is 36.2 Å².